The predicted octanol–water partition coefficient (Wildman–Crippen LogP) is 3.64. The number of thioether (sulfide) groups is 1. The highest BCUT2D eigenvalue weighted by atomic mass is 32.2. The number of aromatic nitrogens is 1. The monoisotopic (exact) mass is 236 g/mol. The van der Waals surface area contributed by atoms with E-state index in [9.17, 15) is 0 Å². The fraction of sp³-hybridized carbons (Fsp3) is 0.615. The van der Waals surface area contributed by atoms with Gasteiger partial charge in [0.15, 0.2) is 0 Å². The highest BCUT2D eigenvalue weighted by Crippen LogP contribution is 2.35. The summed E-state index contributed by atoms with van der Waals surface area (Å²) in [6.45, 7) is 4.33. The molecule has 1 aliphatic carbocycles. The van der Waals surface area contributed by atoms with Crippen molar-refractivity contribution >= 4 is 17.4 Å². The van der Waals surface area contributed by atoms with Gasteiger partial charge in [0.2, 0.25) is 0 Å². The van der Waals surface area contributed by atoms with Gasteiger partial charge in [0, 0.05) is 5.25 Å². The molecule has 88 valence electrons. The van der Waals surface area contributed by atoms with Crippen LogP contribution in [0.4, 0.5) is 5.69 Å². The molecule has 0 aromatic carbocycles. The summed E-state index contributed by atoms with van der Waals surface area (Å²) in [5.41, 5.74) is 7.52. The van der Waals surface area contributed by atoms with E-state index in [4.69, 9.17) is 5.73 Å². The van der Waals surface area contributed by atoms with Crippen LogP contribution in [0.3, 0.4) is 0 Å². The van der Waals surface area contributed by atoms with Crippen molar-refractivity contribution in [2.45, 2.75) is 49.8 Å². The highest BCUT2D eigenvalue weighted by Gasteiger charge is 2.20. The molecule has 1 fully saturated rings. The van der Waals surface area contributed by atoms with Gasteiger partial charge >= 0.3 is 0 Å². The molecule has 1 heterocycles. The third kappa shape index (κ3) is 2.91. The standard InChI is InChI=1S/C13H20N2S/c1-9-4-3-5-11(8-9)16-13-7-6-12(14)10(2)15-13/h6-7,9,11H,3-5,8,14H2,1-2H3. The van der Waals surface area contributed by atoms with Crippen molar-refractivity contribution in [3.63, 3.8) is 0 Å². The minimum Gasteiger partial charge on any atom is -0.397 e. The maximum Gasteiger partial charge on any atom is 0.0967 e. The molecule has 2 rings (SSSR count). The van der Waals surface area contributed by atoms with Crippen molar-refractivity contribution in [1.29, 1.82) is 0 Å². The lowest BCUT2D eigenvalue weighted by Gasteiger charge is -2.25. The molecule has 16 heavy (non-hydrogen) atoms. The molecule has 0 radical (unpaired) electrons. The van der Waals surface area contributed by atoms with Crippen LogP contribution in [0, 0.1) is 12.8 Å². The number of rotatable bonds is 2. The van der Waals surface area contributed by atoms with Crippen molar-refractivity contribution in [2.75, 3.05) is 5.73 Å². The molecule has 0 saturated heterocycles. The molecule has 2 N–H and O–H groups in total. The molecule has 2 unspecified atom stereocenters. The minimum atomic E-state index is 0.749. The van der Waals surface area contributed by atoms with Crippen molar-refractivity contribution in [3.05, 3.63) is 17.8 Å². The van der Waals surface area contributed by atoms with Gasteiger partial charge < -0.3 is 5.73 Å². The molecule has 1 aliphatic rings. The quantitative estimate of drug-likeness (QED) is 0.852. The van der Waals surface area contributed by atoms with Crippen molar-refractivity contribution in [2.24, 2.45) is 5.92 Å². The average molecular weight is 236 g/mol. The van der Waals surface area contributed by atoms with Gasteiger partial charge in [0.05, 0.1) is 16.4 Å². The van der Waals surface area contributed by atoms with Gasteiger partial charge in [-0.05, 0) is 37.8 Å². The number of anilines is 1. The van der Waals surface area contributed by atoms with Gasteiger partial charge in [-0.15, -0.1) is 11.8 Å². The van der Waals surface area contributed by atoms with E-state index in [-0.39, 0.29) is 0 Å². The summed E-state index contributed by atoms with van der Waals surface area (Å²) >= 11 is 1.92. The fourth-order valence-electron chi connectivity index (χ4n) is 2.27. The first-order chi connectivity index (χ1) is 7.65. The van der Waals surface area contributed by atoms with Crippen LogP contribution in [0.5, 0.6) is 0 Å². The molecule has 1 aromatic rings. The van der Waals surface area contributed by atoms with E-state index in [0.717, 1.165) is 27.6 Å². The van der Waals surface area contributed by atoms with Crippen molar-refractivity contribution in [1.82, 2.24) is 4.98 Å². The van der Waals surface area contributed by atoms with Gasteiger partial charge in [-0.25, -0.2) is 4.98 Å². The van der Waals surface area contributed by atoms with Crippen LogP contribution in [0.25, 0.3) is 0 Å². The van der Waals surface area contributed by atoms with Crippen LogP contribution in [0.2, 0.25) is 0 Å². The van der Waals surface area contributed by atoms with E-state index in [1.165, 1.54) is 25.7 Å². The van der Waals surface area contributed by atoms with Crippen LogP contribution in [0.1, 0.15) is 38.3 Å². The zero-order valence-electron chi connectivity index (χ0n) is 10.1. The zero-order valence-corrected chi connectivity index (χ0v) is 10.9. The summed E-state index contributed by atoms with van der Waals surface area (Å²) in [5.74, 6) is 0.876. The Kier molecular flexibility index (Phi) is 3.74. The summed E-state index contributed by atoms with van der Waals surface area (Å²) in [7, 11) is 0. The third-order valence-electron chi connectivity index (χ3n) is 3.28. The minimum absolute atomic E-state index is 0.749. The summed E-state index contributed by atoms with van der Waals surface area (Å²) in [5, 5.41) is 1.88. The Labute approximate surface area is 102 Å². The van der Waals surface area contributed by atoms with E-state index in [0.29, 0.717) is 0 Å². The molecule has 2 atom stereocenters. The number of nitrogens with two attached hydrogens (primary N) is 1. The maximum absolute atomic E-state index is 5.77. The summed E-state index contributed by atoms with van der Waals surface area (Å²) in [4.78, 5) is 4.53. The number of nitrogens with zero attached hydrogens (tertiary/aromatic N) is 1. The molecule has 0 spiro atoms. The van der Waals surface area contributed by atoms with E-state index in [1.807, 2.05) is 30.8 Å². The smallest absolute Gasteiger partial charge is 0.0967 e. The topological polar surface area (TPSA) is 38.9 Å². The predicted molar refractivity (Wildman–Crippen MR) is 70.7 cm³/mol. The van der Waals surface area contributed by atoms with Gasteiger partial charge in [-0.1, -0.05) is 19.8 Å². The fourth-order valence-corrected chi connectivity index (χ4v) is 3.66. The van der Waals surface area contributed by atoms with Gasteiger partial charge in [0.1, 0.15) is 0 Å². The molecule has 1 aromatic heterocycles. The Morgan fingerprint density at radius 1 is 1.38 bits per heavy atom. The molecule has 3 heteroatoms. The molecule has 0 aliphatic heterocycles. The Hall–Kier alpha value is -0.700. The molecule has 2 nitrogen and oxygen atoms in total. The van der Waals surface area contributed by atoms with Crippen LogP contribution in [-0.2, 0) is 0 Å². The van der Waals surface area contributed by atoms with Gasteiger partial charge in [-0.2, -0.15) is 0 Å². The van der Waals surface area contributed by atoms with E-state index < -0.39 is 0 Å². The summed E-state index contributed by atoms with van der Waals surface area (Å²) in [6, 6.07) is 4.02. The average Bonchev–Trinajstić information content (AvgIpc) is 2.24. The van der Waals surface area contributed by atoms with E-state index >= 15 is 0 Å². The number of nitrogen functional groups attached to an aromatic ring is 1. The van der Waals surface area contributed by atoms with Crippen LogP contribution < -0.4 is 5.73 Å². The van der Waals surface area contributed by atoms with E-state index in [2.05, 4.69) is 11.9 Å². The largest absolute Gasteiger partial charge is 0.397 e. The van der Waals surface area contributed by atoms with Crippen LogP contribution in [-0.4, -0.2) is 10.2 Å². The first kappa shape index (κ1) is 11.8. The Morgan fingerprint density at radius 3 is 2.88 bits per heavy atom. The molecule has 0 amide bonds. The van der Waals surface area contributed by atoms with Crippen molar-refractivity contribution < 1.29 is 0 Å². The van der Waals surface area contributed by atoms with Gasteiger partial charge in [-0.3, -0.25) is 0 Å². The maximum atomic E-state index is 5.77. The molecule has 0 bridgehead atoms. The number of hydrogen-bond acceptors (Lipinski definition) is 3. The van der Waals surface area contributed by atoms with Crippen LogP contribution in [0.15, 0.2) is 17.2 Å². The normalized spacial score (nSPS) is 25.6. The van der Waals surface area contributed by atoms with Gasteiger partial charge in [0.25, 0.3) is 0 Å². The lowest BCUT2D eigenvalue weighted by Crippen LogP contribution is -2.15. The second-order valence-electron chi connectivity index (χ2n) is 4.84. The van der Waals surface area contributed by atoms with Crippen molar-refractivity contribution in [3.8, 4) is 0 Å². The second kappa shape index (κ2) is 5.09. The lowest BCUT2D eigenvalue weighted by molar-refractivity contribution is 0.394. The number of aryl methyl sites for hydroxylation is 1. The number of pyridine rings is 1. The second-order valence-corrected chi connectivity index (χ2v) is 6.16. The highest BCUT2D eigenvalue weighted by molar-refractivity contribution is 7.99. The Bertz CT molecular complexity index is 365. The third-order valence-corrected chi connectivity index (χ3v) is 4.51. The Morgan fingerprint density at radius 2 is 2.19 bits per heavy atom. The molecular weight excluding hydrogens is 216 g/mol. The molecular formula is C13H20N2S. The summed E-state index contributed by atoms with van der Waals surface area (Å²) in [6.07, 6.45) is 5.42. The first-order valence-corrected chi connectivity index (χ1v) is 6.93. The Balaban J connectivity index is 2.00. The number of hydrogen-bond donors (Lipinski definition) is 1. The van der Waals surface area contributed by atoms with E-state index in [1.54, 1.807) is 0 Å². The lowest BCUT2D eigenvalue weighted by atomic mass is 9.91. The first-order valence-electron chi connectivity index (χ1n) is 6.05. The van der Waals surface area contributed by atoms with Crippen LogP contribution >= 0.6 is 11.8 Å². The molecule has 1 saturated carbocycles. The summed E-state index contributed by atoms with van der Waals surface area (Å²) < 4.78 is 0. The SMILES string of the molecule is Cc1nc(SC2CCCC(C)C2)ccc1N. The zero-order chi connectivity index (χ0) is 11.5.